The summed E-state index contributed by atoms with van der Waals surface area (Å²) in [6.45, 7) is 5.87. The summed E-state index contributed by atoms with van der Waals surface area (Å²) in [7, 11) is 0. The molecule has 6 heteroatoms. The van der Waals surface area contributed by atoms with Crippen LogP contribution in [0.4, 0.5) is 0 Å². The van der Waals surface area contributed by atoms with Crippen molar-refractivity contribution in [3.8, 4) is 0 Å². The maximum atomic E-state index is 11.8. The van der Waals surface area contributed by atoms with E-state index in [-0.39, 0.29) is 22.9 Å². The molecular formula is C15H17BrN2OS2. The Bertz CT molecular complexity index is 696. The van der Waals surface area contributed by atoms with Crippen LogP contribution in [0.15, 0.2) is 29.3 Å². The van der Waals surface area contributed by atoms with E-state index >= 15 is 0 Å². The fraction of sp³-hybridized carbons (Fsp3) is 0.333. The van der Waals surface area contributed by atoms with Gasteiger partial charge in [-0.2, -0.15) is 4.57 Å². The summed E-state index contributed by atoms with van der Waals surface area (Å²) in [6.07, 6.45) is 2.16. The SMILES string of the molecule is CCN1C(=O)CSC1=Cc1sc2ccccc2[n+]1CC.[Br-]. The van der Waals surface area contributed by atoms with E-state index in [1.54, 1.807) is 23.1 Å². The lowest BCUT2D eigenvalue weighted by Gasteiger charge is -2.12. The number of hydrogen-bond donors (Lipinski definition) is 0. The fourth-order valence-electron chi connectivity index (χ4n) is 2.46. The number of nitrogens with zero attached hydrogens (tertiary/aromatic N) is 2. The van der Waals surface area contributed by atoms with Gasteiger partial charge in [0.15, 0.2) is 0 Å². The van der Waals surface area contributed by atoms with Crippen LogP contribution >= 0.6 is 23.1 Å². The fourth-order valence-corrected chi connectivity index (χ4v) is 4.70. The van der Waals surface area contributed by atoms with E-state index in [1.165, 1.54) is 15.2 Å². The molecular weight excluding hydrogens is 368 g/mol. The van der Waals surface area contributed by atoms with Gasteiger partial charge in [0.25, 0.3) is 5.01 Å². The Balaban J connectivity index is 0.00000161. The van der Waals surface area contributed by atoms with E-state index in [2.05, 4.69) is 41.8 Å². The Morgan fingerprint density at radius 3 is 2.81 bits per heavy atom. The van der Waals surface area contributed by atoms with Crippen LogP contribution in [0.1, 0.15) is 18.9 Å². The first-order valence-electron chi connectivity index (χ1n) is 6.80. The molecule has 0 spiro atoms. The van der Waals surface area contributed by atoms with Crippen molar-refractivity contribution in [1.29, 1.82) is 0 Å². The van der Waals surface area contributed by atoms with Crippen molar-refractivity contribution >= 4 is 45.3 Å². The highest BCUT2D eigenvalue weighted by Gasteiger charge is 2.27. The topological polar surface area (TPSA) is 24.2 Å². The van der Waals surface area contributed by atoms with Crippen LogP contribution in [0.25, 0.3) is 16.3 Å². The molecule has 0 saturated carbocycles. The monoisotopic (exact) mass is 384 g/mol. The number of thioether (sulfide) groups is 1. The number of hydrogen-bond acceptors (Lipinski definition) is 3. The maximum absolute atomic E-state index is 11.8. The molecule has 1 aliphatic heterocycles. The van der Waals surface area contributed by atoms with Crippen molar-refractivity contribution < 1.29 is 26.3 Å². The lowest BCUT2D eigenvalue weighted by Crippen LogP contribution is -3.00. The maximum Gasteiger partial charge on any atom is 0.265 e. The van der Waals surface area contributed by atoms with Crippen molar-refractivity contribution in [3.05, 3.63) is 34.3 Å². The second kappa shape index (κ2) is 6.94. The molecule has 1 amide bonds. The first kappa shape index (κ1) is 16.5. The highest BCUT2D eigenvalue weighted by Crippen LogP contribution is 2.31. The third-order valence-electron chi connectivity index (χ3n) is 3.43. The van der Waals surface area contributed by atoms with Gasteiger partial charge >= 0.3 is 0 Å². The number of fused-ring (bicyclic) bond motifs is 1. The minimum atomic E-state index is 0. The van der Waals surface area contributed by atoms with Gasteiger partial charge < -0.3 is 21.9 Å². The van der Waals surface area contributed by atoms with Gasteiger partial charge in [-0.15, -0.1) is 0 Å². The number of para-hydroxylation sites is 1. The van der Waals surface area contributed by atoms with Crippen LogP contribution < -0.4 is 21.5 Å². The zero-order valence-electron chi connectivity index (χ0n) is 12.0. The number of amides is 1. The number of carbonyl (C=O) groups is 1. The molecule has 0 bridgehead atoms. The second-order valence-corrected chi connectivity index (χ2v) is 6.62. The Hall–Kier alpha value is -0.850. The summed E-state index contributed by atoms with van der Waals surface area (Å²) in [5.41, 5.74) is 1.27. The molecule has 0 radical (unpaired) electrons. The summed E-state index contributed by atoms with van der Waals surface area (Å²) < 4.78 is 3.60. The van der Waals surface area contributed by atoms with Gasteiger partial charge in [0, 0.05) is 12.6 Å². The number of aryl methyl sites for hydroxylation is 1. The molecule has 21 heavy (non-hydrogen) atoms. The van der Waals surface area contributed by atoms with Crippen molar-refractivity contribution in [2.45, 2.75) is 20.4 Å². The molecule has 1 aromatic carbocycles. The molecule has 1 fully saturated rings. The summed E-state index contributed by atoms with van der Waals surface area (Å²) in [4.78, 5) is 13.7. The lowest BCUT2D eigenvalue weighted by atomic mass is 10.3. The van der Waals surface area contributed by atoms with Gasteiger partial charge in [-0.25, -0.2) is 0 Å². The molecule has 0 N–H and O–H groups in total. The third kappa shape index (κ3) is 3.03. The van der Waals surface area contributed by atoms with E-state index in [4.69, 9.17) is 0 Å². The van der Waals surface area contributed by atoms with Crippen LogP contribution in [0.5, 0.6) is 0 Å². The number of carbonyl (C=O) groups excluding carboxylic acids is 1. The van der Waals surface area contributed by atoms with Gasteiger partial charge in [0.1, 0.15) is 11.2 Å². The molecule has 2 aromatic rings. The number of aromatic nitrogens is 1. The standard InChI is InChI=1S/C15H17N2OS2.BrH/c1-3-16-11-7-5-6-8-12(11)20-15(16)9-14-17(4-2)13(18)10-19-14;/h5-9H,3-4,10H2,1-2H3;1H/q+1;/p-1. The van der Waals surface area contributed by atoms with E-state index in [0.29, 0.717) is 5.75 Å². The van der Waals surface area contributed by atoms with Gasteiger partial charge in [-0.3, -0.25) is 4.79 Å². The predicted molar refractivity (Wildman–Crippen MR) is 85.5 cm³/mol. The average Bonchev–Trinajstić information content (AvgIpc) is 2.99. The molecule has 1 aliphatic rings. The Labute approximate surface area is 143 Å². The molecule has 0 unspecified atom stereocenters. The summed E-state index contributed by atoms with van der Waals surface area (Å²) in [6, 6.07) is 8.45. The van der Waals surface area contributed by atoms with Crippen molar-refractivity contribution in [2.75, 3.05) is 12.3 Å². The highest BCUT2D eigenvalue weighted by molar-refractivity contribution is 8.04. The van der Waals surface area contributed by atoms with Crippen LogP contribution in [0.3, 0.4) is 0 Å². The van der Waals surface area contributed by atoms with Crippen LogP contribution in [-0.4, -0.2) is 23.1 Å². The number of benzene rings is 1. The van der Waals surface area contributed by atoms with E-state index in [9.17, 15) is 4.79 Å². The molecule has 3 nitrogen and oxygen atoms in total. The molecule has 1 aromatic heterocycles. The number of rotatable bonds is 3. The number of halogens is 1. The molecule has 2 heterocycles. The normalized spacial score (nSPS) is 16.8. The molecule has 0 aliphatic carbocycles. The van der Waals surface area contributed by atoms with Gasteiger partial charge in [-0.05, 0) is 19.9 Å². The highest BCUT2D eigenvalue weighted by atomic mass is 79.9. The van der Waals surface area contributed by atoms with E-state index in [0.717, 1.165) is 18.1 Å². The predicted octanol–water partition coefficient (Wildman–Crippen LogP) is 0.106. The van der Waals surface area contributed by atoms with Gasteiger partial charge in [0.05, 0.1) is 16.9 Å². The van der Waals surface area contributed by atoms with Gasteiger partial charge in [0.2, 0.25) is 11.4 Å². The molecule has 112 valence electrons. The largest absolute Gasteiger partial charge is 1.00 e. The number of thiazole rings is 1. The zero-order valence-corrected chi connectivity index (χ0v) is 15.2. The summed E-state index contributed by atoms with van der Waals surface area (Å²) in [5.74, 6) is 0.782. The smallest absolute Gasteiger partial charge is 0.265 e. The Morgan fingerprint density at radius 1 is 1.33 bits per heavy atom. The van der Waals surface area contributed by atoms with E-state index in [1.807, 2.05) is 11.8 Å². The van der Waals surface area contributed by atoms with E-state index < -0.39 is 0 Å². The van der Waals surface area contributed by atoms with Crippen molar-refractivity contribution in [2.24, 2.45) is 0 Å². The first-order valence-corrected chi connectivity index (χ1v) is 8.61. The first-order chi connectivity index (χ1) is 9.74. The molecule has 3 rings (SSSR count). The zero-order chi connectivity index (χ0) is 14.1. The summed E-state index contributed by atoms with van der Waals surface area (Å²) in [5, 5.41) is 2.29. The lowest BCUT2D eigenvalue weighted by molar-refractivity contribution is -0.665. The minimum absolute atomic E-state index is 0. The van der Waals surface area contributed by atoms with Crippen molar-refractivity contribution in [1.82, 2.24) is 4.90 Å². The van der Waals surface area contributed by atoms with Crippen LogP contribution in [-0.2, 0) is 11.3 Å². The van der Waals surface area contributed by atoms with Gasteiger partial charge in [-0.1, -0.05) is 35.2 Å². The minimum Gasteiger partial charge on any atom is -1.00 e. The second-order valence-electron chi connectivity index (χ2n) is 4.56. The van der Waals surface area contributed by atoms with Crippen LogP contribution in [0.2, 0.25) is 0 Å². The molecule has 0 atom stereocenters. The quantitative estimate of drug-likeness (QED) is 0.701. The van der Waals surface area contributed by atoms with Crippen molar-refractivity contribution in [3.63, 3.8) is 0 Å². The molecule has 1 saturated heterocycles. The third-order valence-corrected chi connectivity index (χ3v) is 5.56. The van der Waals surface area contributed by atoms with Crippen LogP contribution in [0, 0.1) is 0 Å². The average molecular weight is 385 g/mol. The summed E-state index contributed by atoms with van der Waals surface area (Å²) >= 11 is 3.42. The Kier molecular flexibility index (Phi) is 5.46. The Morgan fingerprint density at radius 2 is 2.10 bits per heavy atom.